The van der Waals surface area contributed by atoms with Crippen LogP contribution in [0.5, 0.6) is 5.75 Å². The Hall–Kier alpha value is -3.32. The fourth-order valence-corrected chi connectivity index (χ4v) is 5.02. The summed E-state index contributed by atoms with van der Waals surface area (Å²) in [6.07, 6.45) is 1.61. The summed E-state index contributed by atoms with van der Waals surface area (Å²) in [6.45, 7) is 10.8. The molecule has 1 N–H and O–H groups in total. The van der Waals surface area contributed by atoms with Gasteiger partial charge in [0.25, 0.3) is 11.7 Å². The van der Waals surface area contributed by atoms with Crippen molar-refractivity contribution >= 4 is 23.1 Å². The van der Waals surface area contributed by atoms with Crippen LogP contribution in [0.4, 0.5) is 5.69 Å². The molecular weight excluding hydrogens is 456 g/mol. The predicted octanol–water partition coefficient (Wildman–Crippen LogP) is 4.92. The van der Waals surface area contributed by atoms with Gasteiger partial charge in [0.2, 0.25) is 0 Å². The van der Waals surface area contributed by atoms with Crippen LogP contribution in [0.25, 0.3) is 5.76 Å². The Morgan fingerprint density at radius 1 is 1.14 bits per heavy atom. The highest BCUT2D eigenvalue weighted by Gasteiger charge is 2.47. The van der Waals surface area contributed by atoms with E-state index in [1.54, 1.807) is 29.2 Å². The van der Waals surface area contributed by atoms with Crippen LogP contribution in [-0.4, -0.2) is 60.1 Å². The molecule has 2 saturated heterocycles. The average molecular weight is 493 g/mol. The summed E-state index contributed by atoms with van der Waals surface area (Å²) in [5.74, 6) is -0.907. The fourth-order valence-electron chi connectivity index (χ4n) is 5.02. The number of Topliss-reactive ketones (excluding diaryl/α,β-unsaturated/α-hetero) is 1. The molecule has 192 valence electrons. The Bertz CT molecular complexity index is 1110. The van der Waals surface area contributed by atoms with E-state index in [4.69, 9.17) is 9.47 Å². The van der Waals surface area contributed by atoms with Gasteiger partial charge in [0, 0.05) is 37.5 Å². The number of amides is 1. The molecule has 2 aromatic rings. The SMILES string of the molecule is CCN(CC)c1ccc(C2/C(=C(/O)c3cccc(OC(C)C)c3)C(=O)C(=O)N2CC2CCCO2)cc1. The number of carbonyl (C=O) groups is 2. The lowest BCUT2D eigenvalue weighted by Crippen LogP contribution is -2.36. The number of anilines is 1. The first-order chi connectivity index (χ1) is 17.3. The van der Waals surface area contributed by atoms with Crippen molar-refractivity contribution in [1.82, 2.24) is 4.90 Å². The number of benzene rings is 2. The van der Waals surface area contributed by atoms with Crippen LogP contribution >= 0.6 is 0 Å². The highest BCUT2D eigenvalue weighted by atomic mass is 16.5. The largest absolute Gasteiger partial charge is 0.507 e. The highest BCUT2D eigenvalue weighted by molar-refractivity contribution is 6.46. The lowest BCUT2D eigenvalue weighted by atomic mass is 9.94. The zero-order valence-corrected chi connectivity index (χ0v) is 21.6. The number of likely N-dealkylation sites (tertiary alicyclic amines) is 1. The standard InChI is InChI=1S/C29H36N2O5/c1-5-30(6-2)22-14-12-20(13-15-22)26-25(27(32)21-9-7-10-23(17-21)36-19(3)4)28(33)29(34)31(26)18-24-11-8-16-35-24/h7,9-10,12-15,17,19,24,26,32H,5-6,8,11,16,18H2,1-4H3/b27-25-. The third-order valence-electron chi connectivity index (χ3n) is 6.78. The molecule has 7 heteroatoms. The van der Waals surface area contributed by atoms with Gasteiger partial charge in [-0.1, -0.05) is 24.3 Å². The van der Waals surface area contributed by atoms with Crippen molar-refractivity contribution in [2.75, 3.05) is 31.1 Å². The van der Waals surface area contributed by atoms with Crippen molar-refractivity contribution in [3.8, 4) is 5.75 Å². The molecule has 2 fully saturated rings. The molecule has 7 nitrogen and oxygen atoms in total. The molecule has 0 radical (unpaired) electrons. The Kier molecular flexibility index (Phi) is 7.99. The molecule has 0 aliphatic carbocycles. The van der Waals surface area contributed by atoms with Gasteiger partial charge in [-0.2, -0.15) is 0 Å². The number of carbonyl (C=O) groups excluding carboxylic acids is 2. The number of aliphatic hydroxyl groups is 1. The second-order valence-electron chi connectivity index (χ2n) is 9.54. The van der Waals surface area contributed by atoms with E-state index in [1.807, 2.05) is 38.1 Å². The van der Waals surface area contributed by atoms with E-state index in [0.29, 0.717) is 24.5 Å². The van der Waals surface area contributed by atoms with Gasteiger partial charge < -0.3 is 24.4 Å². The van der Waals surface area contributed by atoms with Crippen LogP contribution in [-0.2, 0) is 14.3 Å². The summed E-state index contributed by atoms with van der Waals surface area (Å²) in [6, 6.07) is 14.2. The molecule has 1 amide bonds. The quantitative estimate of drug-likeness (QED) is 0.304. The van der Waals surface area contributed by atoms with Crippen molar-refractivity contribution in [2.24, 2.45) is 0 Å². The molecule has 0 bridgehead atoms. The van der Waals surface area contributed by atoms with Gasteiger partial charge >= 0.3 is 0 Å². The number of hydrogen-bond acceptors (Lipinski definition) is 6. The third-order valence-corrected chi connectivity index (χ3v) is 6.78. The summed E-state index contributed by atoms with van der Waals surface area (Å²) in [4.78, 5) is 30.4. The van der Waals surface area contributed by atoms with Crippen molar-refractivity contribution in [1.29, 1.82) is 0 Å². The Morgan fingerprint density at radius 3 is 2.47 bits per heavy atom. The number of rotatable bonds is 9. The van der Waals surface area contributed by atoms with E-state index in [0.717, 1.165) is 37.2 Å². The molecule has 2 aliphatic heterocycles. The minimum atomic E-state index is -0.699. The Labute approximate surface area is 213 Å². The molecule has 2 aromatic carbocycles. The van der Waals surface area contributed by atoms with E-state index in [-0.39, 0.29) is 23.5 Å². The third kappa shape index (κ3) is 5.26. The van der Waals surface area contributed by atoms with Gasteiger partial charge in [0.05, 0.1) is 23.8 Å². The lowest BCUT2D eigenvalue weighted by molar-refractivity contribution is -0.140. The summed E-state index contributed by atoms with van der Waals surface area (Å²) in [5.41, 5.74) is 2.38. The monoisotopic (exact) mass is 492 g/mol. The number of nitrogens with zero attached hydrogens (tertiary/aromatic N) is 2. The zero-order chi connectivity index (χ0) is 25.8. The predicted molar refractivity (Wildman–Crippen MR) is 140 cm³/mol. The summed E-state index contributed by atoms with van der Waals surface area (Å²) >= 11 is 0. The maximum Gasteiger partial charge on any atom is 0.295 e. The minimum absolute atomic E-state index is 0.0382. The molecule has 4 rings (SSSR count). The van der Waals surface area contributed by atoms with Crippen LogP contribution in [0.3, 0.4) is 0 Å². The van der Waals surface area contributed by atoms with Gasteiger partial charge in [-0.3, -0.25) is 9.59 Å². The van der Waals surface area contributed by atoms with Crippen LogP contribution < -0.4 is 9.64 Å². The van der Waals surface area contributed by atoms with Crippen molar-refractivity contribution in [3.05, 3.63) is 65.2 Å². The van der Waals surface area contributed by atoms with Crippen molar-refractivity contribution in [3.63, 3.8) is 0 Å². The topological polar surface area (TPSA) is 79.3 Å². The van der Waals surface area contributed by atoms with Gasteiger partial charge in [0.15, 0.2) is 0 Å². The Balaban J connectivity index is 1.78. The van der Waals surface area contributed by atoms with E-state index in [9.17, 15) is 14.7 Å². The van der Waals surface area contributed by atoms with Crippen LogP contribution in [0.1, 0.15) is 57.7 Å². The molecule has 0 aromatic heterocycles. The second kappa shape index (κ2) is 11.2. The molecule has 0 spiro atoms. The summed E-state index contributed by atoms with van der Waals surface area (Å²) < 4.78 is 11.6. The maximum absolute atomic E-state index is 13.3. The number of ketones is 1. The number of ether oxygens (including phenoxy) is 2. The zero-order valence-electron chi connectivity index (χ0n) is 21.6. The first kappa shape index (κ1) is 25.8. The van der Waals surface area contributed by atoms with E-state index in [1.165, 1.54) is 0 Å². The van der Waals surface area contributed by atoms with Crippen molar-refractivity contribution in [2.45, 2.75) is 58.8 Å². The first-order valence-corrected chi connectivity index (χ1v) is 12.9. The van der Waals surface area contributed by atoms with Crippen LogP contribution in [0, 0.1) is 0 Å². The van der Waals surface area contributed by atoms with Gasteiger partial charge in [-0.05, 0) is 70.4 Å². The smallest absolute Gasteiger partial charge is 0.295 e. The van der Waals surface area contributed by atoms with Crippen molar-refractivity contribution < 1.29 is 24.2 Å². The minimum Gasteiger partial charge on any atom is -0.507 e. The molecule has 36 heavy (non-hydrogen) atoms. The van der Waals surface area contributed by atoms with E-state index >= 15 is 0 Å². The molecule has 2 atom stereocenters. The normalized spacial score (nSPS) is 21.4. The second-order valence-corrected chi connectivity index (χ2v) is 9.54. The van der Waals surface area contributed by atoms with E-state index < -0.39 is 17.7 Å². The molecule has 2 heterocycles. The molecular formula is C29H36N2O5. The van der Waals surface area contributed by atoms with Gasteiger partial charge in [-0.25, -0.2) is 0 Å². The van der Waals surface area contributed by atoms with Crippen LogP contribution in [0.15, 0.2) is 54.1 Å². The molecule has 0 saturated carbocycles. The Morgan fingerprint density at radius 2 is 1.86 bits per heavy atom. The van der Waals surface area contributed by atoms with E-state index in [2.05, 4.69) is 18.7 Å². The van der Waals surface area contributed by atoms with Crippen LogP contribution in [0.2, 0.25) is 0 Å². The maximum atomic E-state index is 13.3. The lowest BCUT2D eigenvalue weighted by Gasteiger charge is -2.28. The molecule has 2 unspecified atom stereocenters. The average Bonchev–Trinajstić information content (AvgIpc) is 3.47. The number of hydrogen-bond donors (Lipinski definition) is 1. The fraction of sp³-hybridized carbons (Fsp3) is 0.448. The molecule has 2 aliphatic rings. The van der Waals surface area contributed by atoms with Gasteiger partial charge in [0.1, 0.15) is 11.5 Å². The summed E-state index contributed by atoms with van der Waals surface area (Å²) in [7, 11) is 0. The first-order valence-electron chi connectivity index (χ1n) is 12.9. The number of aliphatic hydroxyl groups excluding tert-OH is 1. The van der Waals surface area contributed by atoms with Gasteiger partial charge in [-0.15, -0.1) is 0 Å². The highest BCUT2D eigenvalue weighted by Crippen LogP contribution is 2.41. The summed E-state index contributed by atoms with van der Waals surface area (Å²) in [5, 5.41) is 11.4.